The third kappa shape index (κ3) is 3.19. The first-order valence-electron chi connectivity index (χ1n) is 7.30. The summed E-state index contributed by atoms with van der Waals surface area (Å²) in [4.78, 5) is 0. The SMILES string of the molecule is COc1cc(F)ccc1C=C(CN)B1OC(C)(C)C(C)(C)O1. The highest BCUT2D eigenvalue weighted by molar-refractivity contribution is 6.55. The van der Waals surface area contributed by atoms with Gasteiger partial charge in [-0.15, -0.1) is 0 Å². The Hall–Kier alpha value is -1.37. The molecule has 22 heavy (non-hydrogen) atoms. The molecule has 1 aliphatic rings. The van der Waals surface area contributed by atoms with Crippen LogP contribution in [0.4, 0.5) is 4.39 Å². The minimum atomic E-state index is -0.523. The second kappa shape index (κ2) is 6.03. The van der Waals surface area contributed by atoms with Gasteiger partial charge in [0.1, 0.15) is 11.6 Å². The molecule has 6 heteroatoms. The monoisotopic (exact) mass is 307 g/mol. The number of hydrogen-bond donors (Lipinski definition) is 1. The Morgan fingerprint density at radius 3 is 2.36 bits per heavy atom. The lowest BCUT2D eigenvalue weighted by Gasteiger charge is -2.32. The molecule has 0 bridgehead atoms. The second-order valence-electron chi connectivity index (χ2n) is 6.40. The van der Waals surface area contributed by atoms with E-state index in [9.17, 15) is 4.39 Å². The Morgan fingerprint density at radius 2 is 1.86 bits per heavy atom. The maximum absolute atomic E-state index is 13.3. The van der Waals surface area contributed by atoms with Gasteiger partial charge in [0, 0.05) is 18.2 Å². The molecule has 1 fully saturated rings. The summed E-state index contributed by atoms with van der Waals surface area (Å²) >= 11 is 0. The lowest BCUT2D eigenvalue weighted by molar-refractivity contribution is 0.00578. The van der Waals surface area contributed by atoms with E-state index >= 15 is 0 Å². The van der Waals surface area contributed by atoms with Gasteiger partial charge in [0.2, 0.25) is 0 Å². The fourth-order valence-electron chi connectivity index (χ4n) is 2.22. The van der Waals surface area contributed by atoms with Crippen molar-refractivity contribution in [2.24, 2.45) is 5.73 Å². The molecule has 0 aromatic heterocycles. The van der Waals surface area contributed by atoms with Gasteiger partial charge < -0.3 is 19.8 Å². The Morgan fingerprint density at radius 1 is 1.27 bits per heavy atom. The Kier molecular flexibility index (Phi) is 4.66. The van der Waals surface area contributed by atoms with Crippen LogP contribution in [0.25, 0.3) is 6.08 Å². The van der Waals surface area contributed by atoms with Crippen LogP contribution in [0.3, 0.4) is 0 Å². The van der Waals surface area contributed by atoms with Crippen LogP contribution in [0.15, 0.2) is 23.7 Å². The van der Waals surface area contributed by atoms with Crippen LogP contribution in [0.1, 0.15) is 33.3 Å². The first kappa shape index (κ1) is 17.0. The third-order valence-corrected chi connectivity index (χ3v) is 4.33. The predicted molar refractivity (Wildman–Crippen MR) is 86.1 cm³/mol. The largest absolute Gasteiger partial charge is 0.496 e. The Labute approximate surface area is 131 Å². The standard InChI is InChI=1S/C16H23BFNO3/c1-15(2)16(3,4)22-17(21-15)12(10-19)8-11-6-7-13(18)9-14(11)20-5/h6-9H,10,19H2,1-5H3. The van der Waals surface area contributed by atoms with Gasteiger partial charge in [-0.2, -0.15) is 0 Å². The van der Waals surface area contributed by atoms with Crippen LogP contribution in [0.2, 0.25) is 0 Å². The minimum Gasteiger partial charge on any atom is -0.496 e. The van der Waals surface area contributed by atoms with Crippen LogP contribution in [0, 0.1) is 5.82 Å². The van der Waals surface area contributed by atoms with Gasteiger partial charge in [-0.1, -0.05) is 6.08 Å². The lowest BCUT2D eigenvalue weighted by atomic mass is 9.77. The van der Waals surface area contributed by atoms with Gasteiger partial charge in [-0.25, -0.2) is 4.39 Å². The second-order valence-corrected chi connectivity index (χ2v) is 6.40. The van der Waals surface area contributed by atoms with E-state index in [0.29, 0.717) is 5.75 Å². The van der Waals surface area contributed by atoms with Crippen molar-refractivity contribution in [3.8, 4) is 5.75 Å². The highest BCUT2D eigenvalue weighted by Gasteiger charge is 2.52. The summed E-state index contributed by atoms with van der Waals surface area (Å²) in [6.07, 6.45) is 1.83. The van der Waals surface area contributed by atoms with E-state index in [2.05, 4.69) is 0 Å². The molecule has 2 rings (SSSR count). The third-order valence-electron chi connectivity index (χ3n) is 4.33. The molecule has 1 aromatic carbocycles. The summed E-state index contributed by atoms with van der Waals surface area (Å²) < 4.78 is 30.5. The molecule has 1 aliphatic heterocycles. The number of methoxy groups -OCH3 is 1. The van der Waals surface area contributed by atoms with Crippen molar-refractivity contribution in [3.63, 3.8) is 0 Å². The number of nitrogens with two attached hydrogens (primary N) is 1. The molecule has 0 aliphatic carbocycles. The number of benzene rings is 1. The molecule has 120 valence electrons. The Bertz CT molecular complexity index is 571. The molecule has 0 amide bonds. The van der Waals surface area contributed by atoms with Crippen molar-refractivity contribution >= 4 is 13.2 Å². The van der Waals surface area contributed by atoms with Crippen LogP contribution >= 0.6 is 0 Å². The zero-order valence-corrected chi connectivity index (χ0v) is 13.8. The number of halogens is 1. The van der Waals surface area contributed by atoms with E-state index < -0.39 is 18.3 Å². The normalized spacial score (nSPS) is 20.3. The summed E-state index contributed by atoms with van der Waals surface area (Å²) in [6, 6.07) is 4.37. The first-order valence-corrected chi connectivity index (χ1v) is 7.30. The molecule has 0 spiro atoms. The fraction of sp³-hybridized carbons (Fsp3) is 0.500. The quantitative estimate of drug-likeness (QED) is 0.869. The number of hydrogen-bond acceptors (Lipinski definition) is 4. The van der Waals surface area contributed by atoms with Gasteiger partial charge in [0.15, 0.2) is 0 Å². The smallest absolute Gasteiger partial charge is 0.491 e. The molecule has 0 atom stereocenters. The van der Waals surface area contributed by atoms with Gasteiger partial charge in [0.25, 0.3) is 0 Å². The molecule has 1 heterocycles. The van der Waals surface area contributed by atoms with E-state index in [4.69, 9.17) is 19.8 Å². The summed E-state index contributed by atoms with van der Waals surface area (Å²) in [5.74, 6) is 0.0985. The Balaban J connectivity index is 2.34. The highest BCUT2D eigenvalue weighted by Crippen LogP contribution is 2.39. The van der Waals surface area contributed by atoms with E-state index in [1.54, 1.807) is 6.07 Å². The zero-order chi connectivity index (χ0) is 16.5. The van der Waals surface area contributed by atoms with Crippen molar-refractivity contribution in [1.29, 1.82) is 0 Å². The molecule has 0 radical (unpaired) electrons. The maximum Gasteiger partial charge on any atom is 0.491 e. The van der Waals surface area contributed by atoms with E-state index in [1.165, 1.54) is 19.2 Å². The van der Waals surface area contributed by atoms with Gasteiger partial charge in [-0.3, -0.25) is 0 Å². The summed E-state index contributed by atoms with van der Waals surface area (Å²) in [7, 11) is 0.980. The average molecular weight is 307 g/mol. The highest BCUT2D eigenvalue weighted by atomic mass is 19.1. The molecule has 0 unspecified atom stereocenters. The van der Waals surface area contributed by atoms with E-state index in [-0.39, 0.29) is 12.4 Å². The van der Waals surface area contributed by atoms with Gasteiger partial charge in [-0.05, 0) is 45.3 Å². The van der Waals surface area contributed by atoms with Crippen LogP contribution < -0.4 is 10.5 Å². The molecular formula is C16H23BFNO3. The molecule has 1 aromatic rings. The number of ether oxygens (including phenoxy) is 1. The summed E-state index contributed by atoms with van der Waals surface area (Å²) in [5.41, 5.74) is 6.51. The molecular weight excluding hydrogens is 284 g/mol. The maximum atomic E-state index is 13.3. The molecule has 1 saturated heterocycles. The summed E-state index contributed by atoms with van der Waals surface area (Å²) in [6.45, 7) is 8.22. The lowest BCUT2D eigenvalue weighted by Crippen LogP contribution is -2.41. The van der Waals surface area contributed by atoms with E-state index in [1.807, 2.05) is 33.8 Å². The first-order chi connectivity index (χ1) is 10.2. The minimum absolute atomic E-state index is 0.275. The average Bonchev–Trinajstić information content (AvgIpc) is 2.65. The van der Waals surface area contributed by atoms with Crippen molar-refractivity contribution in [2.75, 3.05) is 13.7 Å². The van der Waals surface area contributed by atoms with Crippen molar-refractivity contribution in [3.05, 3.63) is 35.1 Å². The van der Waals surface area contributed by atoms with Crippen LogP contribution in [0.5, 0.6) is 5.75 Å². The van der Waals surface area contributed by atoms with Crippen molar-refractivity contribution in [2.45, 2.75) is 38.9 Å². The van der Waals surface area contributed by atoms with E-state index in [0.717, 1.165) is 11.0 Å². The van der Waals surface area contributed by atoms with Gasteiger partial charge in [0.05, 0.1) is 18.3 Å². The topological polar surface area (TPSA) is 53.7 Å². The summed E-state index contributed by atoms with van der Waals surface area (Å²) in [5, 5.41) is 0. The number of rotatable bonds is 4. The zero-order valence-electron chi connectivity index (χ0n) is 13.8. The molecule has 0 saturated carbocycles. The van der Waals surface area contributed by atoms with Crippen molar-refractivity contribution < 1.29 is 18.4 Å². The van der Waals surface area contributed by atoms with Gasteiger partial charge >= 0.3 is 7.12 Å². The van der Waals surface area contributed by atoms with Crippen molar-refractivity contribution in [1.82, 2.24) is 0 Å². The predicted octanol–water partition coefficient (Wildman–Crippen LogP) is 2.81. The fourth-order valence-corrected chi connectivity index (χ4v) is 2.22. The van der Waals surface area contributed by atoms with Crippen LogP contribution in [-0.4, -0.2) is 32.0 Å². The molecule has 4 nitrogen and oxygen atoms in total. The van der Waals surface area contributed by atoms with Crippen LogP contribution in [-0.2, 0) is 9.31 Å². The molecule has 2 N–H and O–H groups in total.